The van der Waals surface area contributed by atoms with Gasteiger partial charge in [0.1, 0.15) is 5.82 Å². The van der Waals surface area contributed by atoms with Crippen molar-refractivity contribution in [2.24, 2.45) is 0 Å². The number of carbonyl (C=O) groups is 1. The summed E-state index contributed by atoms with van der Waals surface area (Å²) in [5.41, 5.74) is 6.28. The number of nitrogens with zero attached hydrogens (tertiary/aromatic N) is 2. The maximum Gasteiger partial charge on any atom is 0.260 e. The smallest absolute Gasteiger partial charge is 0.260 e. The molecule has 2 aromatic heterocycles. The fraction of sp³-hybridized carbons (Fsp3) is 0.150. The molecule has 0 aliphatic rings. The topological polar surface area (TPSA) is 127 Å². The van der Waals surface area contributed by atoms with Gasteiger partial charge in [0.2, 0.25) is 10.0 Å². The summed E-state index contributed by atoms with van der Waals surface area (Å²) in [4.78, 5) is 21.0. The molecule has 1 aromatic carbocycles. The molecule has 0 radical (unpaired) electrons. The van der Waals surface area contributed by atoms with Crippen molar-refractivity contribution in [3.8, 4) is 11.3 Å². The molecule has 0 saturated carbocycles. The van der Waals surface area contributed by atoms with Gasteiger partial charge in [0.25, 0.3) is 5.91 Å². The van der Waals surface area contributed by atoms with Crippen LogP contribution in [0.1, 0.15) is 23.7 Å². The summed E-state index contributed by atoms with van der Waals surface area (Å²) in [5.74, 6) is -1.95. The number of aromatic nitrogens is 2. The van der Waals surface area contributed by atoms with Crippen molar-refractivity contribution in [1.29, 1.82) is 0 Å². The van der Waals surface area contributed by atoms with Crippen LogP contribution in [-0.2, 0) is 10.0 Å². The maximum absolute atomic E-state index is 14.9. The highest BCUT2D eigenvalue weighted by atomic mass is 35.5. The number of pyridine rings is 2. The zero-order valence-corrected chi connectivity index (χ0v) is 18.0. The zero-order chi connectivity index (χ0) is 22.6. The molecular weight excluding hydrogens is 445 g/mol. The van der Waals surface area contributed by atoms with E-state index in [0.29, 0.717) is 17.7 Å². The van der Waals surface area contributed by atoms with E-state index < -0.39 is 27.3 Å². The van der Waals surface area contributed by atoms with Crippen LogP contribution in [0, 0.1) is 5.82 Å². The first kappa shape index (κ1) is 22.4. The number of hydrogen-bond donors (Lipinski definition) is 3. The number of hydrogen-bond acceptors (Lipinski definition) is 6. The number of amides is 1. The van der Waals surface area contributed by atoms with Crippen LogP contribution in [0.4, 0.5) is 21.6 Å². The van der Waals surface area contributed by atoms with Gasteiger partial charge >= 0.3 is 0 Å². The highest BCUT2D eigenvalue weighted by Gasteiger charge is 2.22. The number of benzene rings is 1. The molecule has 162 valence electrons. The molecule has 4 N–H and O–H groups in total. The fourth-order valence-corrected chi connectivity index (χ4v) is 4.16. The van der Waals surface area contributed by atoms with Gasteiger partial charge in [0.05, 0.1) is 39.6 Å². The second-order valence-electron chi connectivity index (χ2n) is 6.53. The molecule has 3 aromatic rings. The number of nitrogen functional groups attached to an aromatic ring is 1. The Hall–Kier alpha value is -3.24. The molecule has 0 aliphatic heterocycles. The Morgan fingerprint density at radius 2 is 2.00 bits per heavy atom. The van der Waals surface area contributed by atoms with Crippen molar-refractivity contribution < 1.29 is 17.6 Å². The minimum Gasteiger partial charge on any atom is -0.383 e. The van der Waals surface area contributed by atoms with Crippen LogP contribution in [0.15, 0.2) is 48.8 Å². The van der Waals surface area contributed by atoms with E-state index in [0.717, 1.165) is 6.07 Å². The number of nitrogens with two attached hydrogens (primary N) is 1. The average molecular weight is 464 g/mol. The molecule has 0 fully saturated rings. The second-order valence-corrected chi connectivity index (χ2v) is 8.78. The van der Waals surface area contributed by atoms with E-state index >= 15 is 0 Å². The molecule has 2 heterocycles. The Morgan fingerprint density at radius 3 is 2.68 bits per heavy atom. The Labute approximate surface area is 183 Å². The highest BCUT2D eigenvalue weighted by Crippen LogP contribution is 2.29. The summed E-state index contributed by atoms with van der Waals surface area (Å²) in [6, 6.07) is 9.18. The van der Waals surface area contributed by atoms with E-state index in [1.807, 2.05) is 0 Å². The first-order valence-electron chi connectivity index (χ1n) is 9.18. The van der Waals surface area contributed by atoms with E-state index in [9.17, 15) is 17.6 Å². The van der Waals surface area contributed by atoms with Crippen LogP contribution in [0.5, 0.6) is 0 Å². The number of halogens is 2. The number of carbonyl (C=O) groups excluding carboxylic acids is 1. The number of anilines is 3. The molecule has 0 bridgehead atoms. The minimum atomic E-state index is -3.76. The van der Waals surface area contributed by atoms with E-state index in [1.165, 1.54) is 12.3 Å². The lowest BCUT2D eigenvalue weighted by atomic mass is 10.1. The zero-order valence-electron chi connectivity index (χ0n) is 16.4. The Bertz CT molecular complexity index is 1220. The van der Waals surface area contributed by atoms with Crippen molar-refractivity contribution in [3.63, 3.8) is 0 Å². The quantitative estimate of drug-likeness (QED) is 0.487. The van der Waals surface area contributed by atoms with Crippen LogP contribution >= 0.6 is 11.6 Å². The van der Waals surface area contributed by atoms with Gasteiger partial charge in [-0.1, -0.05) is 24.6 Å². The third kappa shape index (κ3) is 5.28. The Morgan fingerprint density at radius 1 is 1.23 bits per heavy atom. The van der Waals surface area contributed by atoms with Gasteiger partial charge in [-0.3, -0.25) is 14.5 Å². The van der Waals surface area contributed by atoms with Crippen LogP contribution in [0.25, 0.3) is 11.3 Å². The summed E-state index contributed by atoms with van der Waals surface area (Å²) in [7, 11) is -3.76. The number of rotatable bonds is 7. The summed E-state index contributed by atoms with van der Waals surface area (Å²) >= 11 is 6.02. The molecule has 8 nitrogen and oxygen atoms in total. The van der Waals surface area contributed by atoms with E-state index in [-0.39, 0.29) is 28.0 Å². The van der Waals surface area contributed by atoms with Crippen LogP contribution in [0.2, 0.25) is 5.02 Å². The Kier molecular flexibility index (Phi) is 6.71. The lowest BCUT2D eigenvalue weighted by molar-refractivity contribution is 0.102. The van der Waals surface area contributed by atoms with E-state index in [4.69, 9.17) is 17.3 Å². The molecule has 11 heteroatoms. The minimum absolute atomic E-state index is 0.179. The van der Waals surface area contributed by atoms with E-state index in [1.54, 1.807) is 37.4 Å². The summed E-state index contributed by atoms with van der Waals surface area (Å²) < 4.78 is 41.0. The van der Waals surface area contributed by atoms with Crippen molar-refractivity contribution in [1.82, 2.24) is 9.97 Å². The van der Waals surface area contributed by atoms with Gasteiger partial charge in [-0.15, -0.1) is 0 Å². The van der Waals surface area contributed by atoms with Gasteiger partial charge in [-0.25, -0.2) is 17.8 Å². The lowest BCUT2D eigenvalue weighted by Gasteiger charge is -2.13. The Balaban J connectivity index is 1.91. The van der Waals surface area contributed by atoms with Crippen LogP contribution in [-0.4, -0.2) is 30.0 Å². The average Bonchev–Trinajstić information content (AvgIpc) is 2.72. The maximum atomic E-state index is 14.9. The van der Waals surface area contributed by atoms with Gasteiger partial charge < -0.3 is 11.1 Å². The van der Waals surface area contributed by atoms with Crippen molar-refractivity contribution >= 4 is 44.7 Å². The predicted octanol–water partition coefficient (Wildman–Crippen LogP) is 3.92. The molecule has 1 amide bonds. The highest BCUT2D eigenvalue weighted by molar-refractivity contribution is 7.92. The summed E-state index contributed by atoms with van der Waals surface area (Å²) in [5, 5.41) is 2.33. The normalized spacial score (nSPS) is 11.2. The fourth-order valence-electron chi connectivity index (χ4n) is 2.79. The SMILES string of the molecule is CCCS(=O)(=O)Nc1ccc(Cl)c(C(=O)Nc2cnc(N)c(-c3ccccn3)c2)c1F. The molecule has 0 aliphatic carbocycles. The summed E-state index contributed by atoms with van der Waals surface area (Å²) in [6.07, 6.45) is 3.24. The first-order chi connectivity index (χ1) is 14.7. The van der Waals surface area contributed by atoms with Crippen molar-refractivity contribution in [2.75, 3.05) is 21.5 Å². The lowest BCUT2D eigenvalue weighted by Crippen LogP contribution is -2.20. The number of sulfonamides is 1. The predicted molar refractivity (Wildman–Crippen MR) is 119 cm³/mol. The molecule has 0 spiro atoms. The van der Waals surface area contributed by atoms with Gasteiger partial charge in [-0.05, 0) is 36.8 Å². The third-order valence-electron chi connectivity index (χ3n) is 4.17. The molecular formula is C20H19ClFN5O3S. The monoisotopic (exact) mass is 463 g/mol. The van der Waals surface area contributed by atoms with Crippen molar-refractivity contribution in [2.45, 2.75) is 13.3 Å². The molecule has 0 saturated heterocycles. The molecule has 3 rings (SSSR count). The first-order valence-corrected chi connectivity index (χ1v) is 11.2. The van der Waals surface area contributed by atoms with Gasteiger partial charge in [0.15, 0.2) is 5.82 Å². The van der Waals surface area contributed by atoms with Crippen LogP contribution < -0.4 is 15.8 Å². The third-order valence-corrected chi connectivity index (χ3v) is 5.97. The second kappa shape index (κ2) is 9.27. The molecule has 31 heavy (non-hydrogen) atoms. The molecule has 0 atom stereocenters. The number of nitrogens with one attached hydrogen (secondary N) is 2. The molecule has 0 unspecified atom stereocenters. The van der Waals surface area contributed by atoms with Crippen LogP contribution in [0.3, 0.4) is 0 Å². The van der Waals surface area contributed by atoms with E-state index in [2.05, 4.69) is 20.0 Å². The van der Waals surface area contributed by atoms with Gasteiger partial charge in [-0.2, -0.15) is 0 Å². The standard InChI is InChI=1S/C20H19ClFN5O3S/c1-2-9-31(29,30)27-16-7-6-14(21)17(18(16)22)20(28)26-12-10-13(19(23)25-11-12)15-5-3-4-8-24-15/h3-8,10-11,27H,2,9H2,1H3,(H2,23,25)(H,26,28). The van der Waals surface area contributed by atoms with Gasteiger partial charge in [0, 0.05) is 11.8 Å². The summed E-state index contributed by atoms with van der Waals surface area (Å²) in [6.45, 7) is 1.68. The largest absolute Gasteiger partial charge is 0.383 e. The van der Waals surface area contributed by atoms with Crippen molar-refractivity contribution in [3.05, 3.63) is 65.2 Å².